The first-order chi connectivity index (χ1) is 15.4. The lowest BCUT2D eigenvalue weighted by molar-refractivity contribution is 0.0115. The van der Waals surface area contributed by atoms with Crippen LogP contribution in [0.1, 0.15) is 46.3 Å². The summed E-state index contributed by atoms with van der Waals surface area (Å²) in [7, 11) is 1.88. The number of aliphatic hydroxyl groups excluding tert-OH is 1. The van der Waals surface area contributed by atoms with E-state index in [0.717, 1.165) is 35.2 Å². The van der Waals surface area contributed by atoms with E-state index in [9.17, 15) is 9.90 Å². The largest absolute Gasteiger partial charge is 0.469 e. The van der Waals surface area contributed by atoms with E-state index in [-0.39, 0.29) is 30.0 Å². The van der Waals surface area contributed by atoms with Gasteiger partial charge in [-0.25, -0.2) is 4.39 Å². The number of aromatic nitrogens is 2. The van der Waals surface area contributed by atoms with Crippen LogP contribution in [-0.2, 0) is 13.5 Å². The second-order valence-electron chi connectivity index (χ2n) is 8.71. The summed E-state index contributed by atoms with van der Waals surface area (Å²) in [5, 5.41) is 14.6. The number of aliphatic hydroxyl groups is 1. The van der Waals surface area contributed by atoms with Crippen LogP contribution in [0.5, 0.6) is 5.75 Å². The molecule has 0 unspecified atom stereocenters. The fourth-order valence-corrected chi connectivity index (χ4v) is 4.72. The monoisotopic (exact) mass is 435 g/mol. The zero-order valence-corrected chi connectivity index (χ0v) is 18.2. The van der Waals surface area contributed by atoms with Crippen molar-refractivity contribution in [3.63, 3.8) is 0 Å². The summed E-state index contributed by atoms with van der Waals surface area (Å²) in [5.41, 5.74) is 4.39. The number of carbonyl (C=O) groups excluding carboxylic acids is 1. The van der Waals surface area contributed by atoms with Gasteiger partial charge in [-0.2, -0.15) is 5.10 Å². The summed E-state index contributed by atoms with van der Waals surface area (Å²) < 4.78 is 22.6. The van der Waals surface area contributed by atoms with Gasteiger partial charge in [0.2, 0.25) is 0 Å². The summed E-state index contributed by atoms with van der Waals surface area (Å²) in [6.45, 7) is 1.69. The molecule has 1 saturated carbocycles. The number of hydrogen-bond donors (Lipinski definition) is 1. The van der Waals surface area contributed by atoms with Gasteiger partial charge < -0.3 is 9.84 Å². The lowest BCUT2D eigenvalue weighted by atomic mass is 9.95. The highest BCUT2D eigenvalue weighted by atomic mass is 19.1. The van der Waals surface area contributed by atoms with E-state index >= 15 is 4.39 Å². The van der Waals surface area contributed by atoms with E-state index < -0.39 is 11.9 Å². The van der Waals surface area contributed by atoms with Crippen LogP contribution in [0.2, 0.25) is 0 Å². The van der Waals surface area contributed by atoms with Crippen LogP contribution in [0.25, 0.3) is 11.3 Å². The van der Waals surface area contributed by atoms with Crippen molar-refractivity contribution in [3.8, 4) is 17.0 Å². The fourth-order valence-electron chi connectivity index (χ4n) is 4.72. The second kappa shape index (κ2) is 8.06. The predicted molar refractivity (Wildman–Crippen MR) is 118 cm³/mol. The summed E-state index contributed by atoms with van der Waals surface area (Å²) in [5.74, 6) is -0.740. The van der Waals surface area contributed by atoms with Crippen LogP contribution in [-0.4, -0.2) is 44.6 Å². The number of rotatable bonds is 4. The van der Waals surface area contributed by atoms with Crippen LogP contribution in [0.3, 0.4) is 0 Å². The maximum Gasteiger partial charge on any atom is 0.260 e. The molecule has 1 aliphatic heterocycles. The number of ether oxygens (including phenoxy) is 1. The number of carbonyl (C=O) groups is 1. The van der Waals surface area contributed by atoms with Crippen LogP contribution in [0.15, 0.2) is 42.6 Å². The minimum atomic E-state index is -0.559. The SMILES string of the molecule is Cc1c(Cc2ccc(-c3ccn(C)n3)cc2)cc2c(c1F)OCN([C@H]1CCC[C@@H]1O)C2=O. The van der Waals surface area contributed by atoms with Crippen LogP contribution in [0, 0.1) is 12.7 Å². The molecule has 6 nitrogen and oxygen atoms in total. The van der Waals surface area contributed by atoms with Crippen LogP contribution < -0.4 is 4.74 Å². The molecule has 1 N–H and O–H groups in total. The molecule has 0 saturated heterocycles. The number of fused-ring (bicyclic) bond motifs is 1. The summed E-state index contributed by atoms with van der Waals surface area (Å²) in [6.07, 6.45) is 4.10. The Morgan fingerprint density at radius 2 is 2.00 bits per heavy atom. The normalized spacial score (nSPS) is 20.4. The first-order valence-corrected chi connectivity index (χ1v) is 10.9. The maximum absolute atomic E-state index is 15.1. The third kappa shape index (κ3) is 3.56. The van der Waals surface area contributed by atoms with Gasteiger partial charge >= 0.3 is 0 Å². The average molecular weight is 435 g/mol. The number of aryl methyl sites for hydroxylation is 1. The van der Waals surface area contributed by atoms with Gasteiger partial charge in [-0.3, -0.25) is 14.4 Å². The number of halogens is 1. The molecule has 0 bridgehead atoms. The van der Waals surface area contributed by atoms with E-state index in [2.05, 4.69) is 5.10 Å². The Morgan fingerprint density at radius 3 is 2.66 bits per heavy atom. The van der Waals surface area contributed by atoms with Crippen molar-refractivity contribution < 1.29 is 19.0 Å². The first kappa shape index (κ1) is 20.7. The summed E-state index contributed by atoms with van der Waals surface area (Å²) >= 11 is 0. The number of benzene rings is 2. The van der Waals surface area contributed by atoms with Gasteiger partial charge in [0.05, 0.1) is 23.4 Å². The second-order valence-corrected chi connectivity index (χ2v) is 8.71. The molecule has 1 fully saturated rings. The van der Waals surface area contributed by atoms with Crippen LogP contribution in [0.4, 0.5) is 4.39 Å². The molecule has 166 valence electrons. The summed E-state index contributed by atoms with van der Waals surface area (Å²) in [4.78, 5) is 14.7. The molecule has 7 heteroatoms. The van der Waals surface area contributed by atoms with E-state index in [1.165, 1.54) is 0 Å². The average Bonchev–Trinajstić information content (AvgIpc) is 3.41. The molecule has 0 spiro atoms. The van der Waals surface area contributed by atoms with E-state index in [4.69, 9.17) is 4.74 Å². The Bertz CT molecular complexity index is 1170. The van der Waals surface area contributed by atoms with Gasteiger partial charge in [0.1, 0.15) is 0 Å². The van der Waals surface area contributed by atoms with Crippen molar-refractivity contribution >= 4 is 5.91 Å². The van der Waals surface area contributed by atoms with Crippen molar-refractivity contribution in [3.05, 3.63) is 70.7 Å². The Hall–Kier alpha value is -3.19. The molecular weight excluding hydrogens is 409 g/mol. The Labute approximate surface area is 186 Å². The molecule has 2 heterocycles. The van der Waals surface area contributed by atoms with E-state index in [1.54, 1.807) is 22.6 Å². The lowest BCUT2D eigenvalue weighted by Gasteiger charge is -2.35. The Kier molecular flexibility index (Phi) is 5.21. The number of amides is 1. The van der Waals surface area contributed by atoms with Crippen molar-refractivity contribution in [1.82, 2.24) is 14.7 Å². The van der Waals surface area contributed by atoms with Gasteiger partial charge in [-0.15, -0.1) is 0 Å². The molecule has 1 aromatic heterocycles. The molecule has 0 radical (unpaired) electrons. The minimum Gasteiger partial charge on any atom is -0.469 e. The van der Waals surface area contributed by atoms with Crippen molar-refractivity contribution in [2.45, 2.75) is 44.8 Å². The molecule has 3 aromatic rings. The number of nitrogens with zero attached hydrogens (tertiary/aromatic N) is 3. The predicted octanol–water partition coefficient (Wildman–Crippen LogP) is 3.83. The zero-order valence-electron chi connectivity index (χ0n) is 18.2. The molecule has 2 aromatic carbocycles. The molecule has 1 aliphatic carbocycles. The quantitative estimate of drug-likeness (QED) is 0.676. The molecule has 1 amide bonds. The summed E-state index contributed by atoms with van der Waals surface area (Å²) in [6, 6.07) is 11.4. The van der Waals surface area contributed by atoms with Gasteiger partial charge in [0.15, 0.2) is 18.3 Å². The highest BCUT2D eigenvalue weighted by Crippen LogP contribution is 2.36. The van der Waals surface area contributed by atoms with Gasteiger partial charge in [0.25, 0.3) is 5.91 Å². The number of hydrogen-bond acceptors (Lipinski definition) is 4. The van der Waals surface area contributed by atoms with E-state index in [1.807, 2.05) is 43.6 Å². The van der Waals surface area contributed by atoms with Crippen molar-refractivity contribution in [1.29, 1.82) is 0 Å². The first-order valence-electron chi connectivity index (χ1n) is 10.9. The molecular formula is C25H26FN3O3. The molecule has 5 rings (SSSR count). The zero-order chi connectivity index (χ0) is 22.4. The van der Waals surface area contributed by atoms with Crippen molar-refractivity contribution in [2.24, 2.45) is 7.05 Å². The third-order valence-electron chi connectivity index (χ3n) is 6.61. The lowest BCUT2D eigenvalue weighted by Crippen LogP contribution is -2.48. The molecule has 2 atom stereocenters. The Morgan fingerprint density at radius 1 is 1.22 bits per heavy atom. The van der Waals surface area contributed by atoms with Gasteiger partial charge in [-0.1, -0.05) is 24.3 Å². The topological polar surface area (TPSA) is 67.6 Å². The van der Waals surface area contributed by atoms with Gasteiger partial charge in [-0.05, 0) is 61.4 Å². The third-order valence-corrected chi connectivity index (χ3v) is 6.61. The molecule has 2 aliphatic rings. The van der Waals surface area contributed by atoms with E-state index in [0.29, 0.717) is 18.4 Å². The fraction of sp³-hybridized carbons (Fsp3) is 0.360. The minimum absolute atomic E-state index is 0.0190. The highest BCUT2D eigenvalue weighted by molar-refractivity contribution is 5.98. The van der Waals surface area contributed by atoms with Gasteiger partial charge in [0, 0.05) is 18.8 Å². The highest BCUT2D eigenvalue weighted by Gasteiger charge is 2.39. The Balaban J connectivity index is 1.42. The smallest absolute Gasteiger partial charge is 0.260 e. The van der Waals surface area contributed by atoms with Crippen LogP contribution >= 0.6 is 0 Å². The molecule has 32 heavy (non-hydrogen) atoms. The van der Waals surface area contributed by atoms with Crippen molar-refractivity contribution in [2.75, 3.05) is 6.73 Å². The standard InChI is InChI=1S/C25H26FN3O3/c1-15-18(12-16-6-8-17(9-7-16)20-10-11-28(2)27-20)13-19-24(23(15)26)32-14-29(25(19)31)21-4-3-5-22(21)30/h6-11,13,21-22,30H,3-5,12,14H2,1-2H3/t21-,22-/m0/s1. The maximum atomic E-state index is 15.1.